The maximum Gasteiger partial charge on any atom is 0.246 e. The van der Waals surface area contributed by atoms with Gasteiger partial charge in [-0.3, -0.25) is 4.79 Å². The van der Waals surface area contributed by atoms with E-state index in [0.717, 1.165) is 4.88 Å². The van der Waals surface area contributed by atoms with Crippen LogP contribution in [0.3, 0.4) is 0 Å². The average Bonchev–Trinajstić information content (AvgIpc) is 3.17. The predicted molar refractivity (Wildman–Crippen MR) is 74.4 cm³/mol. The van der Waals surface area contributed by atoms with Crippen molar-refractivity contribution < 1.29 is 13.8 Å². The summed E-state index contributed by atoms with van der Waals surface area (Å²) >= 11 is 1.53. The van der Waals surface area contributed by atoms with Gasteiger partial charge in [0, 0.05) is 6.07 Å². The smallest absolute Gasteiger partial charge is 0.246 e. The first-order valence-electron chi connectivity index (χ1n) is 6.26. The summed E-state index contributed by atoms with van der Waals surface area (Å²) in [6.07, 6.45) is 0.156. The molecule has 1 amide bonds. The van der Waals surface area contributed by atoms with Crippen LogP contribution in [0, 0.1) is 6.92 Å². The van der Waals surface area contributed by atoms with Crippen LogP contribution in [0.25, 0.3) is 10.7 Å². The van der Waals surface area contributed by atoms with Gasteiger partial charge in [-0.2, -0.15) is 4.98 Å². The fourth-order valence-corrected chi connectivity index (χ4v) is 2.38. The number of aromatic nitrogens is 3. The highest BCUT2D eigenvalue weighted by Gasteiger charge is 2.12. The van der Waals surface area contributed by atoms with Crippen LogP contribution < -0.4 is 5.32 Å². The number of carbonyl (C=O) groups excluding carboxylic acids is 1. The number of aryl methyl sites for hydroxylation is 1. The second-order valence-electron chi connectivity index (χ2n) is 4.37. The maximum atomic E-state index is 11.7. The molecule has 8 heteroatoms. The largest absolute Gasteiger partial charge is 0.361 e. The van der Waals surface area contributed by atoms with Gasteiger partial charge in [-0.05, 0) is 18.4 Å². The molecule has 3 aromatic rings. The molecule has 0 fully saturated rings. The normalized spacial score (nSPS) is 10.7. The molecule has 7 nitrogen and oxygen atoms in total. The van der Waals surface area contributed by atoms with Gasteiger partial charge >= 0.3 is 0 Å². The number of nitrogens with one attached hydrogen (secondary N) is 1. The van der Waals surface area contributed by atoms with Crippen molar-refractivity contribution in [2.75, 3.05) is 0 Å². The summed E-state index contributed by atoms with van der Waals surface area (Å²) < 4.78 is 9.99. The van der Waals surface area contributed by atoms with E-state index in [0.29, 0.717) is 23.2 Å². The number of hydrogen-bond donors (Lipinski definition) is 1. The summed E-state index contributed by atoms with van der Waals surface area (Å²) in [7, 11) is 0. The Morgan fingerprint density at radius 3 is 3.00 bits per heavy atom. The fraction of sp³-hybridized carbons (Fsp3) is 0.231. The number of nitrogens with zero attached hydrogens (tertiary/aromatic N) is 3. The standard InChI is InChI=1S/C13H12N4O3S/c1-8-5-9(16-19-8)6-11(18)14-7-12-15-13(17-20-12)10-3-2-4-21-10/h2-5H,6-7H2,1H3,(H,14,18). The first-order chi connectivity index (χ1) is 10.2. The molecule has 0 aliphatic heterocycles. The van der Waals surface area contributed by atoms with Crippen molar-refractivity contribution in [1.82, 2.24) is 20.6 Å². The molecule has 0 aliphatic carbocycles. The topological polar surface area (TPSA) is 94.1 Å². The Balaban J connectivity index is 1.54. The van der Waals surface area contributed by atoms with E-state index in [9.17, 15) is 4.79 Å². The molecule has 0 atom stereocenters. The van der Waals surface area contributed by atoms with E-state index in [-0.39, 0.29) is 18.9 Å². The Bertz CT molecular complexity index is 732. The van der Waals surface area contributed by atoms with E-state index in [2.05, 4.69) is 20.6 Å². The zero-order valence-electron chi connectivity index (χ0n) is 11.2. The van der Waals surface area contributed by atoms with Crippen LogP contribution in [-0.4, -0.2) is 21.2 Å². The molecular weight excluding hydrogens is 292 g/mol. The van der Waals surface area contributed by atoms with E-state index in [1.165, 1.54) is 11.3 Å². The van der Waals surface area contributed by atoms with Crippen LogP contribution >= 0.6 is 11.3 Å². The van der Waals surface area contributed by atoms with E-state index in [4.69, 9.17) is 9.05 Å². The van der Waals surface area contributed by atoms with Gasteiger partial charge in [0.25, 0.3) is 0 Å². The molecule has 0 saturated heterocycles. The zero-order chi connectivity index (χ0) is 14.7. The van der Waals surface area contributed by atoms with Crippen molar-refractivity contribution in [3.8, 4) is 10.7 Å². The Morgan fingerprint density at radius 2 is 2.29 bits per heavy atom. The lowest BCUT2D eigenvalue weighted by molar-refractivity contribution is -0.120. The van der Waals surface area contributed by atoms with Crippen LogP contribution in [0.5, 0.6) is 0 Å². The SMILES string of the molecule is Cc1cc(CC(=O)NCc2nc(-c3cccs3)no2)no1. The van der Waals surface area contributed by atoms with Crippen molar-refractivity contribution >= 4 is 17.2 Å². The number of carbonyl (C=O) groups is 1. The lowest BCUT2D eigenvalue weighted by Gasteiger charge is -1.98. The molecule has 3 heterocycles. The van der Waals surface area contributed by atoms with Crippen molar-refractivity contribution in [3.63, 3.8) is 0 Å². The first kappa shape index (κ1) is 13.5. The summed E-state index contributed by atoms with van der Waals surface area (Å²) in [5, 5.41) is 12.3. The van der Waals surface area contributed by atoms with Gasteiger partial charge in [0.2, 0.25) is 17.6 Å². The Kier molecular flexibility index (Phi) is 3.78. The van der Waals surface area contributed by atoms with Crippen LogP contribution in [-0.2, 0) is 17.8 Å². The van der Waals surface area contributed by atoms with Gasteiger partial charge in [-0.1, -0.05) is 16.4 Å². The maximum absolute atomic E-state index is 11.7. The molecule has 0 spiro atoms. The average molecular weight is 304 g/mol. The molecule has 0 saturated carbocycles. The second-order valence-corrected chi connectivity index (χ2v) is 5.32. The minimum atomic E-state index is -0.181. The monoisotopic (exact) mass is 304 g/mol. The number of rotatable bonds is 5. The van der Waals surface area contributed by atoms with Crippen molar-refractivity contribution in [2.24, 2.45) is 0 Å². The summed E-state index contributed by atoms with van der Waals surface area (Å²) in [5.74, 6) is 1.39. The van der Waals surface area contributed by atoms with Gasteiger partial charge in [-0.25, -0.2) is 0 Å². The number of hydrogen-bond acceptors (Lipinski definition) is 7. The molecule has 0 unspecified atom stereocenters. The molecule has 1 N–H and O–H groups in total. The van der Waals surface area contributed by atoms with E-state index in [1.54, 1.807) is 13.0 Å². The third-order valence-corrected chi connectivity index (χ3v) is 3.53. The zero-order valence-corrected chi connectivity index (χ0v) is 12.0. The lowest BCUT2D eigenvalue weighted by atomic mass is 10.3. The van der Waals surface area contributed by atoms with Crippen LogP contribution in [0.1, 0.15) is 17.3 Å². The molecule has 0 bridgehead atoms. The lowest BCUT2D eigenvalue weighted by Crippen LogP contribution is -2.24. The van der Waals surface area contributed by atoms with Crippen LogP contribution in [0.4, 0.5) is 0 Å². The third-order valence-electron chi connectivity index (χ3n) is 2.66. The minimum Gasteiger partial charge on any atom is -0.361 e. The number of amides is 1. The van der Waals surface area contributed by atoms with Gasteiger partial charge < -0.3 is 14.4 Å². The molecule has 108 valence electrons. The highest BCUT2D eigenvalue weighted by molar-refractivity contribution is 7.13. The highest BCUT2D eigenvalue weighted by Crippen LogP contribution is 2.21. The quantitative estimate of drug-likeness (QED) is 0.774. The molecule has 21 heavy (non-hydrogen) atoms. The Morgan fingerprint density at radius 1 is 1.38 bits per heavy atom. The fourth-order valence-electron chi connectivity index (χ4n) is 1.74. The minimum absolute atomic E-state index is 0.156. The third kappa shape index (κ3) is 3.34. The molecule has 3 aromatic heterocycles. The van der Waals surface area contributed by atoms with E-state index < -0.39 is 0 Å². The van der Waals surface area contributed by atoms with Crippen molar-refractivity contribution in [1.29, 1.82) is 0 Å². The summed E-state index contributed by atoms with van der Waals surface area (Å²) in [5.41, 5.74) is 0.592. The van der Waals surface area contributed by atoms with Crippen LogP contribution in [0.2, 0.25) is 0 Å². The Hall–Kier alpha value is -2.48. The van der Waals surface area contributed by atoms with E-state index in [1.807, 2.05) is 17.5 Å². The molecular formula is C13H12N4O3S. The van der Waals surface area contributed by atoms with Gasteiger partial charge in [0.05, 0.1) is 23.5 Å². The molecule has 3 rings (SSSR count). The molecule has 0 aromatic carbocycles. The van der Waals surface area contributed by atoms with E-state index >= 15 is 0 Å². The van der Waals surface area contributed by atoms with Crippen molar-refractivity contribution in [3.05, 3.63) is 40.9 Å². The molecule has 0 radical (unpaired) electrons. The summed E-state index contributed by atoms with van der Waals surface area (Å²) in [6.45, 7) is 1.97. The van der Waals surface area contributed by atoms with Crippen LogP contribution in [0.15, 0.2) is 32.6 Å². The van der Waals surface area contributed by atoms with Gasteiger partial charge in [0.15, 0.2) is 0 Å². The summed E-state index contributed by atoms with van der Waals surface area (Å²) in [4.78, 5) is 16.9. The first-order valence-corrected chi connectivity index (χ1v) is 7.14. The summed E-state index contributed by atoms with van der Waals surface area (Å²) in [6, 6.07) is 5.55. The van der Waals surface area contributed by atoms with Gasteiger partial charge in [-0.15, -0.1) is 11.3 Å². The second kappa shape index (κ2) is 5.88. The predicted octanol–water partition coefficient (Wildman–Crippen LogP) is 1.95. The number of thiophene rings is 1. The highest BCUT2D eigenvalue weighted by atomic mass is 32.1. The van der Waals surface area contributed by atoms with Crippen molar-refractivity contribution in [2.45, 2.75) is 19.9 Å². The molecule has 0 aliphatic rings. The van der Waals surface area contributed by atoms with Gasteiger partial charge in [0.1, 0.15) is 5.76 Å². The Labute approximate surface area is 124 Å².